The summed E-state index contributed by atoms with van der Waals surface area (Å²) in [6.07, 6.45) is 18.0. The zero-order chi connectivity index (χ0) is 20.6. The zero-order valence-corrected chi connectivity index (χ0v) is 19.8. The maximum absolute atomic E-state index is 2.65. The highest BCUT2D eigenvalue weighted by Gasteiger charge is 2.02. The molecule has 2 aromatic carbocycles. The summed E-state index contributed by atoms with van der Waals surface area (Å²) in [5.41, 5.74) is 1.53. The first-order valence-corrected chi connectivity index (χ1v) is 12.5. The van der Waals surface area contributed by atoms with Crippen molar-refractivity contribution >= 4 is 10.8 Å². The van der Waals surface area contributed by atoms with E-state index in [1.54, 1.807) is 0 Å². The van der Waals surface area contributed by atoms with Gasteiger partial charge in [-0.3, -0.25) is 0 Å². The first-order valence-electron chi connectivity index (χ1n) is 12.5. The predicted molar refractivity (Wildman–Crippen MR) is 134 cm³/mol. The first kappa shape index (κ1) is 26.7. The summed E-state index contributed by atoms with van der Waals surface area (Å²) in [6.45, 7) is 8.49. The lowest BCUT2D eigenvalue weighted by molar-refractivity contribution is 0.267. The number of benzene rings is 2. The Morgan fingerprint density at radius 2 is 1.10 bits per heavy atom. The van der Waals surface area contributed by atoms with Crippen LogP contribution in [0.2, 0.25) is 0 Å². The molecule has 2 heteroatoms. The Labute approximate surface area is 186 Å². The van der Waals surface area contributed by atoms with E-state index in [9.17, 15) is 0 Å². The fourth-order valence-electron chi connectivity index (χ4n) is 4.54. The largest absolute Gasteiger partial charge is 0.412 e. The van der Waals surface area contributed by atoms with Crippen molar-refractivity contribution in [2.75, 3.05) is 19.6 Å². The van der Waals surface area contributed by atoms with Gasteiger partial charge in [0.15, 0.2) is 0 Å². The molecule has 0 aliphatic heterocycles. The van der Waals surface area contributed by atoms with Crippen molar-refractivity contribution in [1.82, 2.24) is 4.90 Å². The molecule has 0 saturated heterocycles. The van der Waals surface area contributed by atoms with E-state index < -0.39 is 0 Å². The number of aryl methyl sites for hydroxylation is 1. The first-order chi connectivity index (χ1) is 14.3. The Morgan fingerprint density at radius 3 is 1.73 bits per heavy atom. The third-order valence-corrected chi connectivity index (χ3v) is 6.13. The molecule has 0 aliphatic rings. The molecule has 0 aromatic heterocycles. The van der Waals surface area contributed by atoms with Gasteiger partial charge in [-0.2, -0.15) is 0 Å². The molecule has 0 bridgehead atoms. The molecular formula is C28H47NO. The molecule has 0 aliphatic carbocycles. The van der Waals surface area contributed by atoms with E-state index in [1.807, 2.05) is 0 Å². The lowest BCUT2D eigenvalue weighted by Gasteiger charge is -2.20. The van der Waals surface area contributed by atoms with E-state index in [0.717, 1.165) is 0 Å². The zero-order valence-electron chi connectivity index (χ0n) is 19.8. The van der Waals surface area contributed by atoms with Gasteiger partial charge in [-0.1, -0.05) is 108 Å². The third kappa shape index (κ3) is 10.6. The Hall–Kier alpha value is -1.38. The van der Waals surface area contributed by atoms with Crippen LogP contribution in [0.4, 0.5) is 0 Å². The number of rotatable bonds is 17. The number of hydrogen-bond donors (Lipinski definition) is 0. The fourth-order valence-corrected chi connectivity index (χ4v) is 4.54. The average Bonchev–Trinajstić information content (AvgIpc) is 2.75. The van der Waals surface area contributed by atoms with Crippen LogP contribution in [0.5, 0.6) is 0 Å². The van der Waals surface area contributed by atoms with Crippen LogP contribution in [0.25, 0.3) is 10.8 Å². The summed E-state index contributed by atoms with van der Waals surface area (Å²) in [5.74, 6) is 0. The van der Waals surface area contributed by atoms with Gasteiger partial charge in [-0.05, 0) is 68.1 Å². The van der Waals surface area contributed by atoms with Crippen molar-refractivity contribution in [2.24, 2.45) is 0 Å². The number of hydrogen-bond acceptors (Lipinski definition) is 1. The Bertz CT molecular complexity index is 643. The summed E-state index contributed by atoms with van der Waals surface area (Å²) in [6, 6.07) is 15.6. The minimum absolute atomic E-state index is 0. The van der Waals surface area contributed by atoms with Crippen molar-refractivity contribution in [3.63, 3.8) is 0 Å². The van der Waals surface area contributed by atoms with Crippen LogP contribution in [-0.4, -0.2) is 30.0 Å². The van der Waals surface area contributed by atoms with E-state index in [-0.39, 0.29) is 5.48 Å². The maximum Gasteiger partial charge on any atom is -0.00187 e. The molecule has 0 fully saturated rings. The van der Waals surface area contributed by atoms with Crippen molar-refractivity contribution in [3.05, 3.63) is 48.0 Å². The van der Waals surface area contributed by atoms with Gasteiger partial charge in [-0.25, -0.2) is 0 Å². The quantitative estimate of drug-likeness (QED) is 0.246. The summed E-state index contributed by atoms with van der Waals surface area (Å²) in [7, 11) is 0. The van der Waals surface area contributed by atoms with Gasteiger partial charge >= 0.3 is 0 Å². The molecule has 0 amide bonds. The second kappa shape index (κ2) is 17.3. The highest BCUT2D eigenvalue weighted by Crippen LogP contribution is 2.21. The highest BCUT2D eigenvalue weighted by atomic mass is 16.0. The van der Waals surface area contributed by atoms with Crippen LogP contribution in [0.3, 0.4) is 0 Å². The molecule has 0 unspecified atom stereocenters. The standard InChI is InChI=1S/C28H45N.H2O/c1-3-23-29(24-4-2)25-16-12-10-8-6-5-7-9-11-13-18-26-20-17-21-27-19-14-15-22-28(26)27;/h14-15,17,19-22H,3-13,16,18,23-25H2,1-2H3;1H2. The van der Waals surface area contributed by atoms with Crippen LogP contribution in [-0.2, 0) is 6.42 Å². The van der Waals surface area contributed by atoms with Gasteiger partial charge in [0.05, 0.1) is 0 Å². The molecule has 0 radical (unpaired) electrons. The maximum atomic E-state index is 2.65. The number of fused-ring (bicyclic) bond motifs is 1. The minimum Gasteiger partial charge on any atom is -0.412 e. The number of unbranched alkanes of at least 4 members (excludes halogenated alkanes) is 9. The number of nitrogens with zero attached hydrogens (tertiary/aromatic N) is 1. The summed E-state index contributed by atoms with van der Waals surface area (Å²) < 4.78 is 0. The second-order valence-electron chi connectivity index (χ2n) is 8.77. The molecule has 30 heavy (non-hydrogen) atoms. The molecule has 2 N–H and O–H groups in total. The molecule has 2 aromatic rings. The Morgan fingerprint density at radius 1 is 0.567 bits per heavy atom. The Balaban J connectivity index is 0.00000450. The van der Waals surface area contributed by atoms with Gasteiger partial charge in [-0.15, -0.1) is 0 Å². The molecule has 170 valence electrons. The summed E-state index contributed by atoms with van der Waals surface area (Å²) in [4.78, 5) is 2.65. The molecular weight excluding hydrogens is 366 g/mol. The molecule has 0 atom stereocenters. The van der Waals surface area contributed by atoms with Crippen LogP contribution >= 0.6 is 0 Å². The van der Waals surface area contributed by atoms with Crippen molar-refractivity contribution in [2.45, 2.75) is 97.3 Å². The van der Waals surface area contributed by atoms with Gasteiger partial charge in [0.25, 0.3) is 0 Å². The van der Waals surface area contributed by atoms with Crippen LogP contribution in [0.1, 0.15) is 96.5 Å². The van der Waals surface area contributed by atoms with Gasteiger partial charge < -0.3 is 10.4 Å². The Kier molecular flexibility index (Phi) is 15.4. The van der Waals surface area contributed by atoms with Gasteiger partial charge in [0.1, 0.15) is 0 Å². The smallest absolute Gasteiger partial charge is 0.00187 e. The van der Waals surface area contributed by atoms with E-state index in [1.165, 1.54) is 119 Å². The van der Waals surface area contributed by atoms with Crippen molar-refractivity contribution in [1.29, 1.82) is 0 Å². The average molecular weight is 414 g/mol. The van der Waals surface area contributed by atoms with Crippen LogP contribution < -0.4 is 0 Å². The molecule has 0 spiro atoms. The summed E-state index contributed by atoms with van der Waals surface area (Å²) in [5, 5.41) is 2.83. The molecule has 2 nitrogen and oxygen atoms in total. The monoisotopic (exact) mass is 413 g/mol. The topological polar surface area (TPSA) is 34.7 Å². The fraction of sp³-hybridized carbons (Fsp3) is 0.643. The van der Waals surface area contributed by atoms with E-state index >= 15 is 0 Å². The lowest BCUT2D eigenvalue weighted by atomic mass is 9.99. The van der Waals surface area contributed by atoms with E-state index in [0.29, 0.717) is 0 Å². The predicted octanol–water partition coefficient (Wildman–Crippen LogP) is 7.58. The van der Waals surface area contributed by atoms with Gasteiger partial charge in [0.2, 0.25) is 0 Å². The highest BCUT2D eigenvalue weighted by molar-refractivity contribution is 5.85. The normalized spacial score (nSPS) is 11.2. The van der Waals surface area contributed by atoms with E-state index in [2.05, 4.69) is 61.2 Å². The SMILES string of the molecule is CCCN(CCC)CCCCCCCCCCCCc1cccc2ccccc12.O. The van der Waals surface area contributed by atoms with Gasteiger partial charge in [0, 0.05) is 0 Å². The molecule has 2 rings (SSSR count). The third-order valence-electron chi connectivity index (χ3n) is 6.13. The molecule has 0 heterocycles. The lowest BCUT2D eigenvalue weighted by Crippen LogP contribution is -2.26. The van der Waals surface area contributed by atoms with Crippen LogP contribution in [0, 0.1) is 0 Å². The van der Waals surface area contributed by atoms with Crippen LogP contribution in [0.15, 0.2) is 42.5 Å². The molecule has 0 saturated carbocycles. The second-order valence-corrected chi connectivity index (χ2v) is 8.77. The van der Waals surface area contributed by atoms with Crippen molar-refractivity contribution in [3.8, 4) is 0 Å². The van der Waals surface area contributed by atoms with E-state index in [4.69, 9.17) is 0 Å². The van der Waals surface area contributed by atoms with Crippen molar-refractivity contribution < 1.29 is 5.48 Å². The summed E-state index contributed by atoms with van der Waals surface area (Å²) >= 11 is 0. The minimum atomic E-state index is 0.